The quantitative estimate of drug-likeness (QED) is 0.942. The molecule has 2 aromatic rings. The topological polar surface area (TPSA) is 59.1 Å². The van der Waals surface area contributed by atoms with Gasteiger partial charge in [0.2, 0.25) is 0 Å². The maximum absolute atomic E-state index is 13.4. The molecule has 0 fully saturated rings. The summed E-state index contributed by atoms with van der Waals surface area (Å²) in [7, 11) is -4.60. The average molecular weight is 288 g/mol. The third-order valence-corrected chi connectivity index (χ3v) is 3.57. The SMILES string of the molecule is O=S(=O)(Nc1ncccc1F)c1c(F)cccc1F. The van der Waals surface area contributed by atoms with Crippen molar-refractivity contribution in [3.8, 4) is 0 Å². The molecule has 0 unspecified atom stereocenters. The minimum atomic E-state index is -4.60. The van der Waals surface area contributed by atoms with E-state index in [-0.39, 0.29) is 0 Å². The van der Waals surface area contributed by atoms with Gasteiger partial charge in [-0.15, -0.1) is 0 Å². The van der Waals surface area contributed by atoms with Crippen LogP contribution in [0.2, 0.25) is 0 Å². The number of halogens is 3. The molecule has 0 spiro atoms. The van der Waals surface area contributed by atoms with Crippen molar-refractivity contribution in [3.63, 3.8) is 0 Å². The van der Waals surface area contributed by atoms with Crippen LogP contribution in [-0.2, 0) is 10.0 Å². The number of hydrogen-bond acceptors (Lipinski definition) is 3. The first-order chi connectivity index (χ1) is 8.92. The number of pyridine rings is 1. The summed E-state index contributed by atoms with van der Waals surface area (Å²) in [4.78, 5) is 2.26. The smallest absolute Gasteiger partial charge is 0.261 e. The third kappa shape index (κ3) is 2.68. The summed E-state index contributed by atoms with van der Waals surface area (Å²) >= 11 is 0. The number of nitrogens with one attached hydrogen (secondary N) is 1. The lowest BCUT2D eigenvalue weighted by Gasteiger charge is -2.09. The second kappa shape index (κ2) is 4.88. The van der Waals surface area contributed by atoms with E-state index in [1.165, 1.54) is 6.07 Å². The van der Waals surface area contributed by atoms with Gasteiger partial charge in [-0.1, -0.05) is 6.07 Å². The normalized spacial score (nSPS) is 11.3. The Kier molecular flexibility index (Phi) is 3.43. The molecule has 0 aliphatic heterocycles. The number of hydrogen-bond donors (Lipinski definition) is 1. The molecule has 100 valence electrons. The average Bonchev–Trinajstić information content (AvgIpc) is 2.31. The molecule has 8 heteroatoms. The first kappa shape index (κ1) is 13.3. The van der Waals surface area contributed by atoms with Gasteiger partial charge in [-0.25, -0.2) is 26.6 Å². The highest BCUT2D eigenvalue weighted by atomic mass is 32.2. The van der Waals surface area contributed by atoms with Crippen molar-refractivity contribution in [2.45, 2.75) is 4.90 Å². The molecule has 4 nitrogen and oxygen atoms in total. The fourth-order valence-electron chi connectivity index (χ4n) is 1.38. The zero-order valence-corrected chi connectivity index (χ0v) is 10.1. The summed E-state index contributed by atoms with van der Waals surface area (Å²) in [6.07, 6.45) is 1.14. The van der Waals surface area contributed by atoms with E-state index < -0.39 is 38.2 Å². The lowest BCUT2D eigenvalue weighted by atomic mass is 10.3. The molecular formula is C11H7F3N2O2S. The minimum Gasteiger partial charge on any atom is -0.261 e. The lowest BCUT2D eigenvalue weighted by molar-refractivity contribution is 0.520. The zero-order valence-electron chi connectivity index (χ0n) is 9.27. The van der Waals surface area contributed by atoms with Gasteiger partial charge in [0.05, 0.1) is 0 Å². The van der Waals surface area contributed by atoms with Gasteiger partial charge in [-0.2, -0.15) is 0 Å². The summed E-state index contributed by atoms with van der Waals surface area (Å²) in [5.74, 6) is -4.14. The molecule has 0 amide bonds. The summed E-state index contributed by atoms with van der Waals surface area (Å²) in [6.45, 7) is 0. The van der Waals surface area contributed by atoms with Crippen LogP contribution in [0.4, 0.5) is 19.0 Å². The highest BCUT2D eigenvalue weighted by molar-refractivity contribution is 7.92. The number of nitrogens with zero attached hydrogens (tertiary/aromatic N) is 1. The Morgan fingerprint density at radius 1 is 0.947 bits per heavy atom. The van der Waals surface area contributed by atoms with Crippen LogP contribution >= 0.6 is 0 Å². The Labute approximate surface area is 107 Å². The molecule has 0 saturated carbocycles. The Bertz CT molecular complexity index is 699. The Balaban J connectivity index is 2.47. The summed E-state index contributed by atoms with van der Waals surface area (Å²) < 4.78 is 65.3. The van der Waals surface area contributed by atoms with E-state index in [0.29, 0.717) is 0 Å². The number of aromatic nitrogens is 1. The van der Waals surface area contributed by atoms with E-state index in [4.69, 9.17) is 0 Å². The molecule has 0 aliphatic carbocycles. The number of benzene rings is 1. The molecule has 0 saturated heterocycles. The number of anilines is 1. The van der Waals surface area contributed by atoms with E-state index >= 15 is 0 Å². The molecule has 0 aliphatic rings. The van der Waals surface area contributed by atoms with Crippen molar-refractivity contribution < 1.29 is 21.6 Å². The van der Waals surface area contributed by atoms with Gasteiger partial charge in [0.25, 0.3) is 10.0 Å². The van der Waals surface area contributed by atoms with Crippen LogP contribution in [0.1, 0.15) is 0 Å². The first-order valence-electron chi connectivity index (χ1n) is 4.99. The standard InChI is InChI=1S/C11H7F3N2O2S/c12-7-3-1-4-8(13)10(7)19(17,18)16-11-9(14)5-2-6-15-11/h1-6H,(H,15,16). The highest BCUT2D eigenvalue weighted by Crippen LogP contribution is 2.21. The van der Waals surface area contributed by atoms with Gasteiger partial charge in [-0.05, 0) is 24.3 Å². The Morgan fingerprint density at radius 3 is 2.11 bits per heavy atom. The van der Waals surface area contributed by atoms with Crippen LogP contribution in [0.15, 0.2) is 41.4 Å². The maximum Gasteiger partial charge on any atom is 0.268 e. The Hall–Kier alpha value is -2.09. The molecule has 1 heterocycles. The van der Waals surface area contributed by atoms with Gasteiger partial charge in [0.15, 0.2) is 16.5 Å². The van der Waals surface area contributed by atoms with Gasteiger partial charge in [-0.3, -0.25) is 4.72 Å². The number of sulfonamides is 1. The lowest BCUT2D eigenvalue weighted by Crippen LogP contribution is -2.18. The van der Waals surface area contributed by atoms with Crippen LogP contribution in [0, 0.1) is 17.5 Å². The highest BCUT2D eigenvalue weighted by Gasteiger charge is 2.25. The summed E-state index contributed by atoms with van der Waals surface area (Å²) in [5.41, 5.74) is 0. The van der Waals surface area contributed by atoms with Crippen LogP contribution in [0.5, 0.6) is 0 Å². The molecule has 0 radical (unpaired) electrons. The monoisotopic (exact) mass is 288 g/mol. The second-order valence-corrected chi connectivity index (χ2v) is 5.11. The van der Waals surface area contributed by atoms with Gasteiger partial charge in [0.1, 0.15) is 11.6 Å². The molecule has 0 atom stereocenters. The van der Waals surface area contributed by atoms with E-state index in [1.807, 2.05) is 0 Å². The zero-order chi connectivity index (χ0) is 14.0. The molecule has 1 aromatic heterocycles. The molecule has 1 N–H and O–H groups in total. The van der Waals surface area contributed by atoms with Gasteiger partial charge in [0, 0.05) is 6.20 Å². The number of rotatable bonds is 3. The fourth-order valence-corrected chi connectivity index (χ4v) is 2.53. The molecular weight excluding hydrogens is 281 g/mol. The van der Waals surface area contributed by atoms with Crippen molar-refractivity contribution in [2.24, 2.45) is 0 Å². The van der Waals surface area contributed by atoms with Crippen molar-refractivity contribution in [2.75, 3.05) is 4.72 Å². The molecule has 1 aromatic carbocycles. The minimum absolute atomic E-state index is 0.634. The Morgan fingerprint density at radius 2 is 1.53 bits per heavy atom. The summed E-state index contributed by atoms with van der Waals surface area (Å²) in [5, 5.41) is 0. The second-order valence-electron chi connectivity index (χ2n) is 3.49. The third-order valence-electron chi connectivity index (χ3n) is 2.18. The van der Waals surface area contributed by atoms with E-state index in [0.717, 1.165) is 30.5 Å². The van der Waals surface area contributed by atoms with Gasteiger partial charge >= 0.3 is 0 Å². The van der Waals surface area contributed by atoms with Crippen LogP contribution in [0.25, 0.3) is 0 Å². The van der Waals surface area contributed by atoms with Crippen molar-refractivity contribution in [1.82, 2.24) is 4.98 Å². The van der Waals surface area contributed by atoms with E-state index in [1.54, 1.807) is 4.72 Å². The van der Waals surface area contributed by atoms with Crippen molar-refractivity contribution in [1.29, 1.82) is 0 Å². The van der Waals surface area contributed by atoms with Gasteiger partial charge < -0.3 is 0 Å². The van der Waals surface area contributed by atoms with Crippen LogP contribution in [-0.4, -0.2) is 13.4 Å². The van der Waals surface area contributed by atoms with Crippen molar-refractivity contribution in [3.05, 3.63) is 54.0 Å². The predicted molar refractivity (Wildman–Crippen MR) is 61.4 cm³/mol. The van der Waals surface area contributed by atoms with E-state index in [2.05, 4.69) is 4.98 Å². The maximum atomic E-state index is 13.4. The van der Waals surface area contributed by atoms with Crippen molar-refractivity contribution >= 4 is 15.8 Å². The van der Waals surface area contributed by atoms with Crippen LogP contribution < -0.4 is 4.72 Å². The van der Waals surface area contributed by atoms with E-state index in [9.17, 15) is 21.6 Å². The summed E-state index contributed by atoms with van der Waals surface area (Å²) in [6, 6.07) is 4.79. The fraction of sp³-hybridized carbons (Fsp3) is 0. The molecule has 0 bridgehead atoms. The molecule has 19 heavy (non-hydrogen) atoms. The van der Waals surface area contributed by atoms with Crippen LogP contribution in [0.3, 0.4) is 0 Å². The largest absolute Gasteiger partial charge is 0.268 e. The molecule has 2 rings (SSSR count). The predicted octanol–water partition coefficient (Wildman–Crippen LogP) is 2.30. The first-order valence-corrected chi connectivity index (χ1v) is 6.47.